The molecule has 1 rings (SSSR count). The average molecular weight is 318 g/mol. The Hall–Kier alpha value is -0.660. The summed E-state index contributed by atoms with van der Waals surface area (Å²) in [5.74, 6) is -2.61. The minimum atomic E-state index is -4.11. The van der Waals surface area contributed by atoms with Crippen LogP contribution in [0.1, 0.15) is 10.4 Å². The molecule has 0 fully saturated rings. The molecule has 4 nitrogen and oxygen atoms in total. The van der Waals surface area contributed by atoms with Crippen molar-refractivity contribution in [3.63, 3.8) is 0 Å². The maximum atomic E-state index is 13.0. The Bertz CT molecular complexity index is 528. The van der Waals surface area contributed by atoms with E-state index in [9.17, 15) is 17.6 Å². The zero-order valence-electron chi connectivity index (χ0n) is 6.87. The van der Waals surface area contributed by atoms with Crippen molar-refractivity contribution in [2.45, 2.75) is 4.90 Å². The first-order valence-electron chi connectivity index (χ1n) is 3.40. The highest BCUT2D eigenvalue weighted by Gasteiger charge is 2.20. The van der Waals surface area contributed by atoms with E-state index in [2.05, 4.69) is 15.9 Å². The second-order valence-corrected chi connectivity index (χ2v) is 5.89. The summed E-state index contributed by atoms with van der Waals surface area (Å²) < 4.78 is 34.8. The van der Waals surface area contributed by atoms with Gasteiger partial charge in [-0.15, -0.1) is 0 Å². The topological polar surface area (TPSA) is 71.4 Å². The molecule has 1 aromatic carbocycles. The van der Waals surface area contributed by atoms with Crippen LogP contribution in [-0.2, 0) is 9.05 Å². The first-order valence-corrected chi connectivity index (χ1v) is 6.50. The van der Waals surface area contributed by atoms with Crippen LogP contribution < -0.4 is 0 Å². The monoisotopic (exact) mass is 316 g/mol. The third-order valence-electron chi connectivity index (χ3n) is 1.51. The van der Waals surface area contributed by atoms with E-state index in [0.717, 1.165) is 6.07 Å². The van der Waals surface area contributed by atoms with Crippen LogP contribution in [0.2, 0.25) is 0 Å². The summed E-state index contributed by atoms with van der Waals surface area (Å²) in [6.45, 7) is 0. The SMILES string of the molecule is O=C(O)c1cc(S(=O)(=O)Cl)c(Br)cc1F. The minimum Gasteiger partial charge on any atom is -0.478 e. The van der Waals surface area contributed by atoms with E-state index in [-0.39, 0.29) is 4.47 Å². The lowest BCUT2D eigenvalue weighted by atomic mass is 10.2. The molecule has 1 aromatic rings. The average Bonchev–Trinajstić information content (AvgIpc) is 2.00. The van der Waals surface area contributed by atoms with Gasteiger partial charge in [0.1, 0.15) is 5.82 Å². The predicted octanol–water partition coefficient (Wildman–Crippen LogP) is 2.21. The van der Waals surface area contributed by atoms with Crippen molar-refractivity contribution in [1.82, 2.24) is 0 Å². The van der Waals surface area contributed by atoms with Crippen molar-refractivity contribution in [3.8, 4) is 0 Å². The van der Waals surface area contributed by atoms with Crippen LogP contribution in [0.4, 0.5) is 4.39 Å². The Morgan fingerprint density at radius 2 is 2.00 bits per heavy atom. The van der Waals surface area contributed by atoms with Gasteiger partial charge in [0.2, 0.25) is 0 Å². The molecule has 0 radical (unpaired) electrons. The second kappa shape index (κ2) is 4.07. The molecule has 0 aliphatic heterocycles. The van der Waals surface area contributed by atoms with Gasteiger partial charge in [-0.3, -0.25) is 0 Å². The van der Waals surface area contributed by atoms with Crippen LogP contribution in [0, 0.1) is 5.82 Å². The Labute approximate surface area is 97.2 Å². The smallest absolute Gasteiger partial charge is 0.338 e. The highest BCUT2D eigenvalue weighted by molar-refractivity contribution is 9.10. The summed E-state index contributed by atoms with van der Waals surface area (Å²) in [6, 6.07) is 1.39. The maximum Gasteiger partial charge on any atom is 0.338 e. The van der Waals surface area contributed by atoms with E-state index in [1.807, 2.05) is 0 Å². The number of halogens is 3. The Morgan fingerprint density at radius 1 is 1.47 bits per heavy atom. The van der Waals surface area contributed by atoms with Gasteiger partial charge in [0.15, 0.2) is 0 Å². The van der Waals surface area contributed by atoms with Crippen LogP contribution >= 0.6 is 26.6 Å². The normalized spacial score (nSPS) is 11.4. The highest BCUT2D eigenvalue weighted by Crippen LogP contribution is 2.27. The van der Waals surface area contributed by atoms with Crippen molar-refractivity contribution in [3.05, 3.63) is 28.0 Å². The van der Waals surface area contributed by atoms with E-state index in [1.54, 1.807) is 0 Å². The third kappa shape index (κ3) is 2.67. The summed E-state index contributed by atoms with van der Waals surface area (Å²) in [4.78, 5) is 10.0. The van der Waals surface area contributed by atoms with Crippen molar-refractivity contribution in [1.29, 1.82) is 0 Å². The number of hydrogen-bond acceptors (Lipinski definition) is 3. The minimum absolute atomic E-state index is 0.125. The van der Waals surface area contributed by atoms with Gasteiger partial charge in [0.25, 0.3) is 9.05 Å². The zero-order valence-corrected chi connectivity index (χ0v) is 10.0. The van der Waals surface area contributed by atoms with Crippen molar-refractivity contribution in [2.24, 2.45) is 0 Å². The maximum absolute atomic E-state index is 13.0. The molecule has 0 bridgehead atoms. The summed E-state index contributed by atoms with van der Waals surface area (Å²) >= 11 is 2.77. The van der Waals surface area contributed by atoms with Gasteiger partial charge in [-0.05, 0) is 28.1 Å². The molecule has 8 heteroatoms. The van der Waals surface area contributed by atoms with E-state index in [0.29, 0.717) is 6.07 Å². The predicted molar refractivity (Wildman–Crippen MR) is 54.1 cm³/mol. The largest absolute Gasteiger partial charge is 0.478 e. The number of rotatable bonds is 2. The van der Waals surface area contributed by atoms with E-state index >= 15 is 0 Å². The molecule has 0 atom stereocenters. The standard InChI is InChI=1S/C7H3BrClFO4S/c8-4-2-5(10)3(7(11)12)1-6(4)15(9,13)14/h1-2H,(H,11,12). The van der Waals surface area contributed by atoms with Gasteiger partial charge in [-0.2, -0.15) is 0 Å². The van der Waals surface area contributed by atoms with Gasteiger partial charge < -0.3 is 5.11 Å². The fraction of sp³-hybridized carbons (Fsp3) is 0. The molecule has 0 spiro atoms. The molecule has 0 aromatic heterocycles. The summed E-state index contributed by atoms with van der Waals surface area (Å²) in [5.41, 5.74) is -0.752. The fourth-order valence-electron chi connectivity index (χ4n) is 0.880. The molecular formula is C7H3BrClFO4S. The molecule has 0 saturated carbocycles. The molecule has 0 aliphatic rings. The van der Waals surface area contributed by atoms with E-state index in [4.69, 9.17) is 15.8 Å². The fourth-order valence-corrected chi connectivity index (χ4v) is 3.05. The molecule has 0 unspecified atom stereocenters. The van der Waals surface area contributed by atoms with Crippen molar-refractivity contribution < 1.29 is 22.7 Å². The zero-order chi connectivity index (χ0) is 11.8. The Morgan fingerprint density at radius 3 is 2.40 bits per heavy atom. The molecule has 0 aliphatic carbocycles. The summed E-state index contributed by atoms with van der Waals surface area (Å²) in [7, 11) is 0.909. The lowest BCUT2D eigenvalue weighted by Gasteiger charge is -2.03. The Balaban J connectivity index is 3.58. The van der Waals surface area contributed by atoms with Gasteiger partial charge in [-0.25, -0.2) is 17.6 Å². The van der Waals surface area contributed by atoms with Gasteiger partial charge in [0.05, 0.1) is 10.5 Å². The second-order valence-electron chi connectivity index (χ2n) is 2.51. The molecule has 1 N–H and O–H groups in total. The highest BCUT2D eigenvalue weighted by atomic mass is 79.9. The van der Waals surface area contributed by atoms with Crippen LogP contribution in [0.5, 0.6) is 0 Å². The molecule has 0 heterocycles. The molecular weight excluding hydrogens is 314 g/mol. The lowest BCUT2D eigenvalue weighted by Crippen LogP contribution is -2.04. The number of carbonyl (C=O) groups is 1. The quantitative estimate of drug-likeness (QED) is 0.849. The van der Waals surface area contributed by atoms with Gasteiger partial charge in [0, 0.05) is 15.2 Å². The molecule has 82 valence electrons. The van der Waals surface area contributed by atoms with Crippen LogP contribution in [0.15, 0.2) is 21.5 Å². The van der Waals surface area contributed by atoms with E-state index < -0.39 is 31.3 Å². The first-order chi connectivity index (χ1) is 6.73. The number of benzene rings is 1. The van der Waals surface area contributed by atoms with E-state index in [1.165, 1.54) is 0 Å². The first kappa shape index (κ1) is 12.4. The van der Waals surface area contributed by atoms with Crippen LogP contribution in [0.25, 0.3) is 0 Å². The van der Waals surface area contributed by atoms with Crippen molar-refractivity contribution >= 4 is 41.6 Å². The number of carboxylic acid groups (broad SMARTS) is 1. The van der Waals surface area contributed by atoms with Crippen molar-refractivity contribution in [2.75, 3.05) is 0 Å². The Kier molecular flexibility index (Phi) is 3.37. The van der Waals surface area contributed by atoms with Gasteiger partial charge >= 0.3 is 5.97 Å². The third-order valence-corrected chi connectivity index (χ3v) is 3.80. The number of hydrogen-bond donors (Lipinski definition) is 1. The molecule has 0 amide bonds. The number of carboxylic acids is 1. The molecule has 0 saturated heterocycles. The van der Waals surface area contributed by atoms with Crippen LogP contribution in [-0.4, -0.2) is 19.5 Å². The molecule has 15 heavy (non-hydrogen) atoms. The summed E-state index contributed by atoms with van der Waals surface area (Å²) in [6.07, 6.45) is 0. The van der Waals surface area contributed by atoms with Gasteiger partial charge in [-0.1, -0.05) is 0 Å². The summed E-state index contributed by atoms with van der Waals surface area (Å²) in [5, 5.41) is 8.55. The van der Waals surface area contributed by atoms with Crippen LogP contribution in [0.3, 0.4) is 0 Å². The lowest BCUT2D eigenvalue weighted by molar-refractivity contribution is 0.0691. The number of aromatic carboxylic acids is 1.